The molecule has 1 aromatic heterocycles. The fourth-order valence-electron chi connectivity index (χ4n) is 5.19. The molecule has 38 heavy (non-hydrogen) atoms. The summed E-state index contributed by atoms with van der Waals surface area (Å²) in [7, 11) is -3.82. The van der Waals surface area contributed by atoms with Crippen LogP contribution in [0, 0.1) is 5.92 Å². The van der Waals surface area contributed by atoms with Gasteiger partial charge in [-0.15, -0.1) is 0 Å². The van der Waals surface area contributed by atoms with Gasteiger partial charge in [-0.05, 0) is 88.1 Å². The van der Waals surface area contributed by atoms with E-state index >= 15 is 0 Å². The number of fused-ring (bicyclic) bond motifs is 2. The summed E-state index contributed by atoms with van der Waals surface area (Å²) in [6, 6.07) is 13.0. The van der Waals surface area contributed by atoms with Gasteiger partial charge in [0.05, 0.1) is 10.6 Å². The molecule has 1 fully saturated rings. The summed E-state index contributed by atoms with van der Waals surface area (Å²) in [6.45, 7) is 7.50. The van der Waals surface area contributed by atoms with Crippen LogP contribution in [-0.4, -0.2) is 54.6 Å². The van der Waals surface area contributed by atoms with Crippen LogP contribution in [0.25, 0.3) is 10.8 Å². The second kappa shape index (κ2) is 10.5. The molecule has 0 radical (unpaired) electrons. The van der Waals surface area contributed by atoms with E-state index in [4.69, 9.17) is 9.72 Å². The molecule has 2 aliphatic rings. The molecule has 1 N–H and O–H groups in total. The number of amides is 1. The summed E-state index contributed by atoms with van der Waals surface area (Å²) in [4.78, 5) is 23.7. The summed E-state index contributed by atoms with van der Waals surface area (Å²) < 4.78 is 33.2. The van der Waals surface area contributed by atoms with Crippen LogP contribution in [0.5, 0.6) is 0 Å². The number of hydrogen-bond acceptors (Lipinski definition) is 7. The zero-order chi connectivity index (χ0) is 26.9. The van der Waals surface area contributed by atoms with E-state index < -0.39 is 15.4 Å². The second-order valence-electron chi connectivity index (χ2n) is 11.3. The molecule has 1 saturated heterocycles. The number of benzene rings is 2. The highest BCUT2D eigenvalue weighted by Crippen LogP contribution is 2.31. The number of carbonyl (C=O) groups is 1. The third-order valence-electron chi connectivity index (χ3n) is 7.25. The van der Waals surface area contributed by atoms with Crippen LogP contribution in [0.15, 0.2) is 52.4 Å². The van der Waals surface area contributed by atoms with Gasteiger partial charge in [-0.1, -0.05) is 30.3 Å². The molecule has 0 atom stereocenters. The van der Waals surface area contributed by atoms with Gasteiger partial charge in [-0.3, -0.25) is 0 Å². The largest absolute Gasteiger partial charge is 0.444 e. The average molecular weight is 537 g/mol. The van der Waals surface area contributed by atoms with Crippen molar-refractivity contribution in [2.45, 2.75) is 74.8 Å². The summed E-state index contributed by atoms with van der Waals surface area (Å²) >= 11 is 0. The molecule has 0 bridgehead atoms. The minimum absolute atomic E-state index is 0.125. The van der Waals surface area contributed by atoms with Gasteiger partial charge in [0.15, 0.2) is 5.03 Å². The number of rotatable bonds is 5. The Labute approximate surface area is 224 Å². The van der Waals surface area contributed by atoms with Gasteiger partial charge < -0.3 is 15.0 Å². The van der Waals surface area contributed by atoms with Crippen LogP contribution in [0.4, 0.5) is 10.7 Å². The van der Waals surface area contributed by atoms with E-state index in [0.29, 0.717) is 37.9 Å². The molecule has 202 valence electrons. The highest BCUT2D eigenvalue weighted by atomic mass is 32.2. The molecule has 1 amide bonds. The average Bonchev–Trinajstić information content (AvgIpc) is 2.90. The van der Waals surface area contributed by atoms with Crippen LogP contribution >= 0.6 is 0 Å². The van der Waals surface area contributed by atoms with E-state index in [1.807, 2.05) is 51.1 Å². The van der Waals surface area contributed by atoms with Crippen molar-refractivity contribution in [1.82, 2.24) is 14.9 Å². The Morgan fingerprint density at radius 2 is 1.74 bits per heavy atom. The Kier molecular flexibility index (Phi) is 7.31. The summed E-state index contributed by atoms with van der Waals surface area (Å²) in [5.74, 6) is 0.688. The number of likely N-dealkylation sites (tertiary alicyclic amines) is 1. The third-order valence-corrected chi connectivity index (χ3v) is 8.97. The Morgan fingerprint density at radius 3 is 2.47 bits per heavy atom. The first-order valence-corrected chi connectivity index (χ1v) is 14.9. The number of ether oxygens (including phenoxy) is 1. The Balaban J connectivity index is 1.33. The first-order chi connectivity index (χ1) is 18.1. The lowest BCUT2D eigenvalue weighted by molar-refractivity contribution is 0.0188. The topological polar surface area (TPSA) is 101 Å². The minimum Gasteiger partial charge on any atom is -0.444 e. The van der Waals surface area contributed by atoms with E-state index in [-0.39, 0.29) is 16.0 Å². The quantitative estimate of drug-likeness (QED) is 0.436. The van der Waals surface area contributed by atoms with Gasteiger partial charge in [-0.2, -0.15) is 0 Å². The zero-order valence-corrected chi connectivity index (χ0v) is 23.2. The number of hydrogen-bond donors (Lipinski definition) is 1. The SMILES string of the molecule is CC(C)(C)OC(=O)N1CCC(CNc2nc3c(c(S(=O)(=O)c4ccc5ccccc5c4)n2)CCCC3)CC1. The minimum atomic E-state index is -3.82. The van der Waals surface area contributed by atoms with Crippen LogP contribution in [0.1, 0.15) is 57.7 Å². The number of aryl methyl sites for hydroxylation is 1. The number of aromatic nitrogens is 2. The Morgan fingerprint density at radius 1 is 1.03 bits per heavy atom. The number of nitrogens with one attached hydrogen (secondary N) is 1. The van der Waals surface area contributed by atoms with E-state index in [9.17, 15) is 13.2 Å². The maximum atomic E-state index is 13.8. The lowest BCUT2D eigenvalue weighted by atomic mass is 9.97. The van der Waals surface area contributed by atoms with E-state index in [2.05, 4.69) is 10.3 Å². The molecule has 1 aliphatic carbocycles. The molecule has 0 unspecified atom stereocenters. The highest BCUT2D eigenvalue weighted by Gasteiger charge is 2.30. The number of piperidine rings is 1. The van der Waals surface area contributed by atoms with Crippen molar-refractivity contribution in [3.63, 3.8) is 0 Å². The lowest BCUT2D eigenvalue weighted by Gasteiger charge is -2.33. The number of carbonyl (C=O) groups excluding carboxylic acids is 1. The van der Waals surface area contributed by atoms with Crippen molar-refractivity contribution in [2.75, 3.05) is 25.0 Å². The predicted molar refractivity (Wildman–Crippen MR) is 147 cm³/mol. The molecule has 2 aromatic carbocycles. The van der Waals surface area contributed by atoms with Crippen molar-refractivity contribution < 1.29 is 17.9 Å². The van der Waals surface area contributed by atoms with Crippen molar-refractivity contribution in [2.24, 2.45) is 5.92 Å². The summed E-state index contributed by atoms with van der Waals surface area (Å²) in [5, 5.41) is 5.32. The number of anilines is 1. The smallest absolute Gasteiger partial charge is 0.410 e. The molecular formula is C29H36N4O4S. The molecule has 9 heteroatoms. The van der Waals surface area contributed by atoms with Gasteiger partial charge >= 0.3 is 6.09 Å². The first kappa shape index (κ1) is 26.4. The van der Waals surface area contributed by atoms with Gasteiger partial charge in [0.1, 0.15) is 5.60 Å². The Hall–Kier alpha value is -3.20. The maximum absolute atomic E-state index is 13.8. The van der Waals surface area contributed by atoms with Gasteiger partial charge in [0.2, 0.25) is 15.8 Å². The van der Waals surface area contributed by atoms with Gasteiger partial charge in [0.25, 0.3) is 0 Å². The molecule has 5 rings (SSSR count). The van der Waals surface area contributed by atoms with E-state index in [1.54, 1.807) is 17.0 Å². The molecule has 0 saturated carbocycles. The van der Waals surface area contributed by atoms with Gasteiger partial charge in [0, 0.05) is 25.2 Å². The van der Waals surface area contributed by atoms with Crippen molar-refractivity contribution >= 4 is 32.7 Å². The third kappa shape index (κ3) is 5.77. The fraction of sp³-hybridized carbons (Fsp3) is 0.483. The second-order valence-corrected chi connectivity index (χ2v) is 13.2. The number of sulfone groups is 1. The van der Waals surface area contributed by atoms with Gasteiger partial charge in [-0.25, -0.2) is 23.2 Å². The first-order valence-electron chi connectivity index (χ1n) is 13.5. The molecule has 3 aromatic rings. The Bertz CT molecular complexity index is 1440. The van der Waals surface area contributed by atoms with E-state index in [1.165, 1.54) is 0 Å². The van der Waals surface area contributed by atoms with Crippen LogP contribution in [-0.2, 0) is 27.4 Å². The molecular weight excluding hydrogens is 500 g/mol. The van der Waals surface area contributed by atoms with Crippen LogP contribution in [0.3, 0.4) is 0 Å². The predicted octanol–water partition coefficient (Wildman–Crippen LogP) is 5.40. The molecule has 2 heterocycles. The standard InChI is InChI=1S/C29H36N4O4S/c1-29(2,3)37-28(34)33-16-14-20(15-17-33)19-30-27-31-25-11-7-6-10-24(25)26(32-27)38(35,36)23-13-12-21-8-4-5-9-22(21)18-23/h4-5,8-9,12-13,18,20H,6-7,10-11,14-17,19H2,1-3H3,(H,30,31,32). The zero-order valence-electron chi connectivity index (χ0n) is 22.4. The van der Waals surface area contributed by atoms with Crippen LogP contribution in [0.2, 0.25) is 0 Å². The summed E-state index contributed by atoms with van der Waals surface area (Å²) in [5.41, 5.74) is 1.07. The number of nitrogens with zero attached hydrogens (tertiary/aromatic N) is 3. The van der Waals surface area contributed by atoms with E-state index in [0.717, 1.165) is 54.1 Å². The maximum Gasteiger partial charge on any atom is 0.410 e. The molecule has 1 aliphatic heterocycles. The molecule has 8 nitrogen and oxygen atoms in total. The monoisotopic (exact) mass is 536 g/mol. The summed E-state index contributed by atoms with van der Waals surface area (Å²) in [6.07, 6.45) is 4.73. The van der Waals surface area contributed by atoms with Crippen molar-refractivity contribution in [1.29, 1.82) is 0 Å². The molecule has 0 spiro atoms. The van der Waals surface area contributed by atoms with Crippen molar-refractivity contribution in [3.05, 3.63) is 53.7 Å². The van der Waals surface area contributed by atoms with Crippen LogP contribution < -0.4 is 5.32 Å². The lowest BCUT2D eigenvalue weighted by Crippen LogP contribution is -2.42. The highest BCUT2D eigenvalue weighted by molar-refractivity contribution is 7.91. The van der Waals surface area contributed by atoms with Crippen molar-refractivity contribution in [3.8, 4) is 0 Å². The normalized spacial score (nSPS) is 16.8. The fourth-order valence-corrected chi connectivity index (χ4v) is 6.69.